The van der Waals surface area contributed by atoms with Crippen molar-refractivity contribution in [1.29, 1.82) is 0 Å². The molecule has 4 rings (SSSR count). The first kappa shape index (κ1) is 20.8. The standard InChI is InChI=1S/C25H19ClFNO3/c1-2-31-25(30)24(29)20-15-28(14-16-6-4-3-5-7-16)23-11-9-17(12-19(20)23)18-8-10-22(27)21(26)13-18/h3-13,15H,2,14H2,1H3. The third-order valence-electron chi connectivity index (χ3n) is 5.04. The lowest BCUT2D eigenvalue weighted by Crippen LogP contribution is -2.17. The first-order valence-electron chi connectivity index (χ1n) is 9.81. The van der Waals surface area contributed by atoms with Gasteiger partial charge in [-0.2, -0.15) is 0 Å². The third-order valence-corrected chi connectivity index (χ3v) is 5.32. The Morgan fingerprint density at radius 3 is 2.42 bits per heavy atom. The van der Waals surface area contributed by atoms with E-state index < -0.39 is 17.6 Å². The number of hydrogen-bond acceptors (Lipinski definition) is 3. The first-order chi connectivity index (χ1) is 15.0. The number of benzene rings is 3. The summed E-state index contributed by atoms with van der Waals surface area (Å²) >= 11 is 5.94. The van der Waals surface area contributed by atoms with Crippen LogP contribution in [0.15, 0.2) is 72.9 Å². The second-order valence-corrected chi connectivity index (χ2v) is 7.47. The van der Waals surface area contributed by atoms with Crippen molar-refractivity contribution < 1.29 is 18.7 Å². The van der Waals surface area contributed by atoms with Crippen LogP contribution in [0.3, 0.4) is 0 Å². The van der Waals surface area contributed by atoms with Crippen LogP contribution in [-0.2, 0) is 16.1 Å². The predicted octanol–water partition coefficient (Wildman–Crippen LogP) is 5.89. The van der Waals surface area contributed by atoms with Crippen molar-refractivity contribution >= 4 is 34.3 Å². The molecule has 156 valence electrons. The molecule has 1 aromatic heterocycles. The minimum atomic E-state index is -0.892. The number of Topliss-reactive ketones (excluding diaryl/α,β-unsaturated/α-hetero) is 1. The molecule has 0 amide bonds. The summed E-state index contributed by atoms with van der Waals surface area (Å²) < 4.78 is 20.4. The molecule has 0 saturated carbocycles. The van der Waals surface area contributed by atoms with Gasteiger partial charge in [0.05, 0.1) is 17.2 Å². The van der Waals surface area contributed by atoms with Crippen LogP contribution in [0.2, 0.25) is 5.02 Å². The highest BCUT2D eigenvalue weighted by Crippen LogP contribution is 2.31. The van der Waals surface area contributed by atoms with E-state index in [1.54, 1.807) is 19.2 Å². The van der Waals surface area contributed by atoms with Crippen molar-refractivity contribution in [3.63, 3.8) is 0 Å². The van der Waals surface area contributed by atoms with Crippen molar-refractivity contribution in [2.45, 2.75) is 13.5 Å². The predicted molar refractivity (Wildman–Crippen MR) is 119 cm³/mol. The summed E-state index contributed by atoms with van der Waals surface area (Å²) in [6, 6.07) is 19.8. The number of fused-ring (bicyclic) bond motifs is 1. The second-order valence-electron chi connectivity index (χ2n) is 7.07. The van der Waals surface area contributed by atoms with Gasteiger partial charge in [0.25, 0.3) is 5.78 Å². The monoisotopic (exact) mass is 435 g/mol. The summed E-state index contributed by atoms with van der Waals surface area (Å²) in [5.74, 6) is -2.09. The minimum absolute atomic E-state index is 0.0158. The van der Waals surface area contributed by atoms with Gasteiger partial charge in [-0.1, -0.05) is 54.1 Å². The Balaban J connectivity index is 1.85. The highest BCUT2D eigenvalue weighted by atomic mass is 35.5. The van der Waals surface area contributed by atoms with Gasteiger partial charge < -0.3 is 9.30 Å². The molecule has 0 aliphatic heterocycles. The lowest BCUT2D eigenvalue weighted by molar-refractivity contribution is -0.137. The average molecular weight is 436 g/mol. The number of nitrogens with zero attached hydrogens (tertiary/aromatic N) is 1. The number of halogens is 2. The Bertz CT molecular complexity index is 1280. The summed E-state index contributed by atoms with van der Waals surface area (Å²) in [6.07, 6.45) is 1.68. The van der Waals surface area contributed by atoms with Crippen molar-refractivity contribution in [2.75, 3.05) is 6.61 Å². The van der Waals surface area contributed by atoms with Gasteiger partial charge in [-0.15, -0.1) is 0 Å². The van der Waals surface area contributed by atoms with Gasteiger partial charge in [-0.05, 0) is 47.9 Å². The van der Waals surface area contributed by atoms with Gasteiger partial charge in [-0.3, -0.25) is 4.79 Å². The average Bonchev–Trinajstić information content (AvgIpc) is 3.13. The molecule has 0 fully saturated rings. The zero-order valence-corrected chi connectivity index (χ0v) is 17.5. The Labute approximate surface area is 183 Å². The zero-order chi connectivity index (χ0) is 22.0. The van der Waals surface area contributed by atoms with E-state index in [1.165, 1.54) is 12.1 Å². The van der Waals surface area contributed by atoms with Crippen LogP contribution in [0.25, 0.3) is 22.0 Å². The highest BCUT2D eigenvalue weighted by Gasteiger charge is 2.23. The lowest BCUT2D eigenvalue weighted by atomic mass is 10.0. The third kappa shape index (κ3) is 4.23. The van der Waals surface area contributed by atoms with E-state index in [0.29, 0.717) is 17.5 Å². The molecule has 0 spiro atoms. The van der Waals surface area contributed by atoms with Crippen LogP contribution in [0, 0.1) is 5.82 Å². The summed E-state index contributed by atoms with van der Waals surface area (Å²) in [6.45, 7) is 2.31. The fraction of sp³-hybridized carbons (Fsp3) is 0.120. The van der Waals surface area contributed by atoms with Crippen LogP contribution in [0.5, 0.6) is 0 Å². The summed E-state index contributed by atoms with van der Waals surface area (Å²) in [7, 11) is 0. The molecular weight excluding hydrogens is 417 g/mol. The van der Waals surface area contributed by atoms with Crippen LogP contribution >= 0.6 is 11.6 Å². The van der Waals surface area contributed by atoms with Gasteiger partial charge in [0.1, 0.15) is 5.82 Å². The SMILES string of the molecule is CCOC(=O)C(=O)c1cn(Cc2ccccc2)c2ccc(-c3ccc(F)c(Cl)c3)cc12. The number of hydrogen-bond donors (Lipinski definition) is 0. The molecule has 3 aromatic carbocycles. The van der Waals surface area contributed by atoms with Gasteiger partial charge >= 0.3 is 5.97 Å². The molecule has 0 unspecified atom stereocenters. The fourth-order valence-electron chi connectivity index (χ4n) is 3.55. The molecule has 4 aromatic rings. The van der Waals surface area contributed by atoms with E-state index in [9.17, 15) is 14.0 Å². The summed E-state index contributed by atoms with van der Waals surface area (Å²) in [5.41, 5.74) is 3.58. The molecule has 0 bridgehead atoms. The highest BCUT2D eigenvalue weighted by molar-refractivity contribution is 6.43. The minimum Gasteiger partial charge on any atom is -0.460 e. The van der Waals surface area contributed by atoms with E-state index in [2.05, 4.69) is 0 Å². The maximum Gasteiger partial charge on any atom is 0.379 e. The Morgan fingerprint density at radius 2 is 1.71 bits per heavy atom. The first-order valence-corrected chi connectivity index (χ1v) is 10.2. The largest absolute Gasteiger partial charge is 0.460 e. The van der Waals surface area contributed by atoms with E-state index >= 15 is 0 Å². The van der Waals surface area contributed by atoms with Crippen molar-refractivity contribution in [2.24, 2.45) is 0 Å². The van der Waals surface area contributed by atoms with Gasteiger partial charge in [0.2, 0.25) is 0 Å². The van der Waals surface area contributed by atoms with Gasteiger partial charge in [0, 0.05) is 23.6 Å². The molecule has 1 heterocycles. The lowest BCUT2D eigenvalue weighted by Gasteiger charge is -2.07. The van der Waals surface area contributed by atoms with Crippen LogP contribution < -0.4 is 0 Å². The summed E-state index contributed by atoms with van der Waals surface area (Å²) in [5, 5.41) is 0.633. The van der Waals surface area contributed by atoms with Crippen LogP contribution in [0.4, 0.5) is 4.39 Å². The Kier molecular flexibility index (Phi) is 5.87. The van der Waals surface area contributed by atoms with Crippen molar-refractivity contribution in [3.8, 4) is 11.1 Å². The molecule has 31 heavy (non-hydrogen) atoms. The van der Waals surface area contributed by atoms with E-state index in [4.69, 9.17) is 16.3 Å². The number of rotatable bonds is 6. The topological polar surface area (TPSA) is 48.3 Å². The molecule has 0 aliphatic rings. The van der Waals surface area contributed by atoms with Crippen molar-refractivity contribution in [3.05, 3.63) is 94.9 Å². The Morgan fingerprint density at radius 1 is 1.00 bits per heavy atom. The molecular formula is C25H19ClFNO3. The number of aromatic nitrogens is 1. The van der Waals surface area contributed by atoms with Gasteiger partial charge in [-0.25, -0.2) is 9.18 Å². The maximum atomic E-state index is 13.6. The molecule has 0 atom stereocenters. The number of esters is 1. The van der Waals surface area contributed by atoms with E-state index in [-0.39, 0.29) is 17.2 Å². The molecule has 0 N–H and O–H groups in total. The van der Waals surface area contributed by atoms with Crippen LogP contribution in [-0.4, -0.2) is 22.9 Å². The molecule has 0 aliphatic carbocycles. The molecule has 4 nitrogen and oxygen atoms in total. The van der Waals surface area contributed by atoms with E-state index in [1.807, 2.05) is 53.1 Å². The van der Waals surface area contributed by atoms with Crippen LogP contribution in [0.1, 0.15) is 22.8 Å². The quantitative estimate of drug-likeness (QED) is 0.215. The normalized spacial score (nSPS) is 10.9. The van der Waals surface area contributed by atoms with Gasteiger partial charge in [0.15, 0.2) is 0 Å². The Hall–Kier alpha value is -3.44. The molecule has 0 saturated heterocycles. The van der Waals surface area contributed by atoms with E-state index in [0.717, 1.165) is 16.6 Å². The summed E-state index contributed by atoms with van der Waals surface area (Å²) in [4.78, 5) is 25.0. The smallest absolute Gasteiger partial charge is 0.379 e. The molecule has 6 heteroatoms. The maximum absolute atomic E-state index is 13.6. The molecule has 0 radical (unpaired) electrons. The number of carbonyl (C=O) groups excluding carboxylic acids is 2. The number of carbonyl (C=O) groups is 2. The number of ether oxygens (including phenoxy) is 1. The van der Waals surface area contributed by atoms with Crippen molar-refractivity contribution in [1.82, 2.24) is 4.57 Å². The fourth-order valence-corrected chi connectivity index (χ4v) is 3.73. The second kappa shape index (κ2) is 8.74. The number of ketones is 1. The zero-order valence-electron chi connectivity index (χ0n) is 16.8.